The predicted octanol–water partition coefficient (Wildman–Crippen LogP) is 11.7. The van der Waals surface area contributed by atoms with Gasteiger partial charge in [-0.2, -0.15) is 0 Å². The first-order chi connectivity index (χ1) is 22.2. The highest BCUT2D eigenvalue weighted by Crippen LogP contribution is 2.55. The topological polar surface area (TPSA) is 9.86 Å². The van der Waals surface area contributed by atoms with E-state index in [9.17, 15) is 0 Å². The standard InChI is InChI=1S/C43H36N2/c1-3-25-43(26-4-2)37-23-21-29(44-39-17-9-5-13-31(39)32-14-6-10-18-40(32)44)27-35(37)36-28-30(22-24-38(36)43)45-41-19-11-7-15-33(41)34-16-8-12-20-42(34)45/h5-24,27-28H,3-4,25-26H2,1-2H3. The molecule has 0 radical (unpaired) electrons. The average molecular weight is 581 g/mol. The Hall–Kier alpha value is -5.08. The van der Waals surface area contributed by atoms with Crippen molar-refractivity contribution in [1.82, 2.24) is 9.13 Å². The number of nitrogens with zero attached hydrogens (tertiary/aromatic N) is 2. The van der Waals surface area contributed by atoms with E-state index in [1.54, 1.807) is 0 Å². The van der Waals surface area contributed by atoms with Crippen LogP contribution in [0.5, 0.6) is 0 Å². The van der Waals surface area contributed by atoms with Gasteiger partial charge in [-0.05, 0) is 83.6 Å². The van der Waals surface area contributed by atoms with Crippen LogP contribution in [0.4, 0.5) is 0 Å². The normalized spacial score (nSPS) is 13.6. The third kappa shape index (κ3) is 3.63. The molecule has 0 spiro atoms. The summed E-state index contributed by atoms with van der Waals surface area (Å²) in [5, 5.41) is 5.20. The van der Waals surface area contributed by atoms with Gasteiger partial charge in [-0.1, -0.05) is 112 Å². The third-order valence-corrected chi connectivity index (χ3v) is 10.4. The molecule has 8 aromatic rings. The van der Waals surface area contributed by atoms with Crippen molar-refractivity contribution in [3.8, 4) is 22.5 Å². The number of rotatable bonds is 6. The molecule has 1 aliphatic rings. The van der Waals surface area contributed by atoms with Crippen molar-refractivity contribution in [2.24, 2.45) is 0 Å². The Bertz CT molecular complexity index is 2140. The van der Waals surface area contributed by atoms with E-state index < -0.39 is 0 Å². The Morgan fingerprint density at radius 2 is 0.756 bits per heavy atom. The summed E-state index contributed by atoms with van der Waals surface area (Å²) >= 11 is 0. The molecule has 2 aromatic heterocycles. The molecule has 0 amide bonds. The van der Waals surface area contributed by atoms with E-state index in [1.807, 2.05) is 0 Å². The summed E-state index contributed by atoms with van der Waals surface area (Å²) in [7, 11) is 0. The van der Waals surface area contributed by atoms with Crippen LogP contribution in [0.2, 0.25) is 0 Å². The average Bonchev–Trinajstić information content (AvgIpc) is 3.69. The van der Waals surface area contributed by atoms with E-state index in [4.69, 9.17) is 0 Å². The molecule has 6 aromatic carbocycles. The van der Waals surface area contributed by atoms with E-state index >= 15 is 0 Å². The smallest absolute Gasteiger partial charge is 0.0541 e. The Balaban J connectivity index is 1.33. The quantitative estimate of drug-likeness (QED) is 0.185. The fourth-order valence-electron chi connectivity index (χ4n) is 8.69. The van der Waals surface area contributed by atoms with Gasteiger partial charge in [-0.25, -0.2) is 0 Å². The van der Waals surface area contributed by atoms with Gasteiger partial charge in [0.2, 0.25) is 0 Å². The molecular formula is C43H36N2. The molecule has 0 unspecified atom stereocenters. The van der Waals surface area contributed by atoms with Gasteiger partial charge in [0, 0.05) is 38.3 Å². The molecule has 2 heterocycles. The van der Waals surface area contributed by atoms with Crippen molar-refractivity contribution in [1.29, 1.82) is 0 Å². The van der Waals surface area contributed by atoms with Crippen LogP contribution in [0.25, 0.3) is 66.1 Å². The summed E-state index contributed by atoms with van der Waals surface area (Å²) in [5.74, 6) is 0. The number of fused-ring (bicyclic) bond motifs is 9. The maximum atomic E-state index is 2.48. The zero-order chi connectivity index (χ0) is 30.1. The van der Waals surface area contributed by atoms with Crippen LogP contribution in [-0.4, -0.2) is 9.13 Å². The van der Waals surface area contributed by atoms with E-state index in [1.165, 1.54) is 77.2 Å². The molecule has 1 aliphatic carbocycles. The highest BCUT2D eigenvalue weighted by molar-refractivity contribution is 6.10. The first-order valence-electron chi connectivity index (χ1n) is 16.5. The van der Waals surface area contributed by atoms with Crippen molar-refractivity contribution in [2.45, 2.75) is 44.9 Å². The van der Waals surface area contributed by atoms with Gasteiger partial charge in [0.25, 0.3) is 0 Å². The summed E-state index contributed by atoms with van der Waals surface area (Å²) in [6.45, 7) is 4.68. The first-order valence-corrected chi connectivity index (χ1v) is 16.5. The van der Waals surface area contributed by atoms with Gasteiger partial charge < -0.3 is 9.13 Å². The summed E-state index contributed by atoms with van der Waals surface area (Å²) < 4.78 is 4.92. The minimum atomic E-state index is 0.0346. The van der Waals surface area contributed by atoms with Crippen molar-refractivity contribution in [2.75, 3.05) is 0 Å². The van der Waals surface area contributed by atoms with Crippen molar-refractivity contribution in [3.63, 3.8) is 0 Å². The summed E-state index contributed by atoms with van der Waals surface area (Å²) in [5.41, 5.74) is 13.2. The van der Waals surface area contributed by atoms with Gasteiger partial charge >= 0.3 is 0 Å². The minimum Gasteiger partial charge on any atom is -0.309 e. The maximum Gasteiger partial charge on any atom is 0.0541 e. The van der Waals surface area contributed by atoms with Crippen molar-refractivity contribution in [3.05, 3.63) is 145 Å². The largest absolute Gasteiger partial charge is 0.309 e. The van der Waals surface area contributed by atoms with Gasteiger partial charge in [0.05, 0.1) is 22.1 Å². The molecule has 0 saturated carbocycles. The molecule has 0 bridgehead atoms. The fourth-order valence-corrected chi connectivity index (χ4v) is 8.69. The van der Waals surface area contributed by atoms with Crippen LogP contribution >= 0.6 is 0 Å². The lowest BCUT2D eigenvalue weighted by Gasteiger charge is -2.32. The van der Waals surface area contributed by atoms with Crippen LogP contribution in [0.1, 0.15) is 50.7 Å². The SMILES string of the molecule is CCCC1(CCC)c2ccc(-n3c4ccccc4c4ccccc43)cc2-c2cc(-n3c4ccccc4c4ccccc43)ccc21. The summed E-state index contributed by atoms with van der Waals surface area (Å²) in [6, 6.07) is 49.9. The van der Waals surface area contributed by atoms with Gasteiger partial charge in [0.15, 0.2) is 0 Å². The van der Waals surface area contributed by atoms with Crippen LogP contribution in [0, 0.1) is 0 Å². The third-order valence-electron chi connectivity index (χ3n) is 10.4. The zero-order valence-electron chi connectivity index (χ0n) is 25.9. The van der Waals surface area contributed by atoms with Gasteiger partial charge in [-0.15, -0.1) is 0 Å². The monoisotopic (exact) mass is 580 g/mol. The lowest BCUT2D eigenvalue weighted by atomic mass is 9.71. The number of hydrogen-bond donors (Lipinski definition) is 0. The molecule has 0 N–H and O–H groups in total. The molecule has 0 saturated heterocycles. The second-order valence-electron chi connectivity index (χ2n) is 12.8. The molecule has 45 heavy (non-hydrogen) atoms. The summed E-state index contributed by atoms with van der Waals surface area (Å²) in [6.07, 6.45) is 4.62. The molecule has 2 heteroatoms. The molecule has 2 nitrogen and oxygen atoms in total. The second kappa shape index (κ2) is 9.97. The molecule has 0 atom stereocenters. The molecule has 0 aliphatic heterocycles. The maximum absolute atomic E-state index is 2.48. The lowest BCUT2D eigenvalue weighted by molar-refractivity contribution is 0.436. The highest BCUT2D eigenvalue weighted by Gasteiger charge is 2.42. The molecular weight excluding hydrogens is 544 g/mol. The Morgan fingerprint density at radius 1 is 0.422 bits per heavy atom. The van der Waals surface area contributed by atoms with Crippen molar-refractivity contribution < 1.29 is 0 Å². The van der Waals surface area contributed by atoms with Crippen LogP contribution < -0.4 is 0 Å². The lowest BCUT2D eigenvalue weighted by Crippen LogP contribution is -2.25. The van der Waals surface area contributed by atoms with Gasteiger partial charge in [0.1, 0.15) is 0 Å². The Kier molecular flexibility index (Phi) is 5.83. The van der Waals surface area contributed by atoms with Crippen molar-refractivity contribution >= 4 is 43.6 Å². The van der Waals surface area contributed by atoms with E-state index in [0.717, 1.165) is 25.7 Å². The Morgan fingerprint density at radius 3 is 1.09 bits per heavy atom. The highest BCUT2D eigenvalue weighted by atomic mass is 15.0. The Labute approximate surface area is 264 Å². The fraction of sp³-hybridized carbons (Fsp3) is 0.163. The minimum absolute atomic E-state index is 0.0346. The number of para-hydroxylation sites is 4. The predicted molar refractivity (Wildman–Crippen MR) is 191 cm³/mol. The van der Waals surface area contributed by atoms with E-state index in [2.05, 4.69) is 156 Å². The molecule has 9 rings (SSSR count). The van der Waals surface area contributed by atoms with Gasteiger partial charge in [-0.3, -0.25) is 0 Å². The first kappa shape index (κ1) is 26.3. The number of aromatic nitrogens is 2. The van der Waals surface area contributed by atoms with Crippen LogP contribution in [0.3, 0.4) is 0 Å². The molecule has 0 fully saturated rings. The molecule has 218 valence electrons. The van der Waals surface area contributed by atoms with E-state index in [-0.39, 0.29) is 5.41 Å². The zero-order valence-corrected chi connectivity index (χ0v) is 25.9. The van der Waals surface area contributed by atoms with Crippen LogP contribution in [-0.2, 0) is 5.41 Å². The summed E-state index contributed by atoms with van der Waals surface area (Å²) in [4.78, 5) is 0. The number of hydrogen-bond acceptors (Lipinski definition) is 0. The van der Waals surface area contributed by atoms with Crippen LogP contribution in [0.15, 0.2) is 133 Å². The second-order valence-corrected chi connectivity index (χ2v) is 12.8. The van der Waals surface area contributed by atoms with E-state index in [0.29, 0.717) is 0 Å². The number of benzene rings is 6.